The van der Waals surface area contributed by atoms with Crippen LogP contribution < -0.4 is 20.8 Å². The summed E-state index contributed by atoms with van der Waals surface area (Å²) in [6.07, 6.45) is 4.12. The SMILES string of the molecule is CCCOc1ccc(-c2nn(-c3ccccc3)cc2C=NNC(=O)C(=O)Nc2ccccc2C(=O)Nc2ccc(C)cc2)cc1. The fourth-order valence-electron chi connectivity index (χ4n) is 4.36. The second-order valence-corrected chi connectivity index (χ2v) is 10.1. The average molecular weight is 601 g/mol. The van der Waals surface area contributed by atoms with Gasteiger partial charge >= 0.3 is 11.8 Å². The molecule has 0 saturated heterocycles. The summed E-state index contributed by atoms with van der Waals surface area (Å²) in [6.45, 7) is 4.62. The van der Waals surface area contributed by atoms with Gasteiger partial charge in [0, 0.05) is 23.0 Å². The molecule has 0 aliphatic carbocycles. The number of nitrogens with one attached hydrogen (secondary N) is 3. The van der Waals surface area contributed by atoms with Crippen molar-refractivity contribution in [1.82, 2.24) is 15.2 Å². The third kappa shape index (κ3) is 7.88. The number of rotatable bonds is 10. The zero-order valence-corrected chi connectivity index (χ0v) is 24.9. The fraction of sp³-hybridized carbons (Fsp3) is 0.114. The normalized spacial score (nSPS) is 10.8. The average Bonchev–Trinajstić information content (AvgIpc) is 3.49. The van der Waals surface area contributed by atoms with Gasteiger partial charge in [-0.3, -0.25) is 14.4 Å². The van der Waals surface area contributed by atoms with Crippen LogP contribution in [-0.2, 0) is 9.59 Å². The molecular weight excluding hydrogens is 568 g/mol. The molecule has 0 saturated carbocycles. The largest absolute Gasteiger partial charge is 0.494 e. The number of anilines is 2. The van der Waals surface area contributed by atoms with E-state index < -0.39 is 17.7 Å². The van der Waals surface area contributed by atoms with Crippen molar-refractivity contribution in [2.45, 2.75) is 20.3 Å². The summed E-state index contributed by atoms with van der Waals surface area (Å²) < 4.78 is 7.41. The maximum absolute atomic E-state index is 12.9. The number of nitrogens with zero attached hydrogens (tertiary/aromatic N) is 3. The quantitative estimate of drug-likeness (QED) is 0.103. The standard InChI is InChI=1S/C35H32N6O4/c1-3-21-45-29-19-15-25(16-20-29)32-26(23-41(40-32)28-9-5-4-6-10-28)22-36-39-35(44)34(43)38-31-12-8-7-11-30(31)33(42)37-27-17-13-24(2)14-18-27/h4-20,22-23H,3,21H2,1-2H3,(H,37,42)(H,38,43)(H,39,44). The molecule has 1 heterocycles. The highest BCUT2D eigenvalue weighted by Gasteiger charge is 2.18. The van der Waals surface area contributed by atoms with Crippen LogP contribution in [0.2, 0.25) is 0 Å². The molecule has 0 atom stereocenters. The molecule has 0 aliphatic heterocycles. The number of hydrogen-bond donors (Lipinski definition) is 3. The third-order valence-electron chi connectivity index (χ3n) is 6.67. The van der Waals surface area contributed by atoms with E-state index in [1.54, 1.807) is 47.3 Å². The second kappa shape index (κ2) is 14.4. The summed E-state index contributed by atoms with van der Waals surface area (Å²) >= 11 is 0. The molecule has 0 radical (unpaired) electrons. The molecule has 0 aliphatic rings. The Hall–Kier alpha value is -6.03. The summed E-state index contributed by atoms with van der Waals surface area (Å²) in [4.78, 5) is 38.3. The highest BCUT2D eigenvalue weighted by molar-refractivity contribution is 6.40. The van der Waals surface area contributed by atoms with Gasteiger partial charge in [0.25, 0.3) is 5.91 Å². The predicted octanol–water partition coefficient (Wildman–Crippen LogP) is 5.98. The lowest BCUT2D eigenvalue weighted by atomic mass is 10.1. The van der Waals surface area contributed by atoms with E-state index in [2.05, 4.69) is 21.2 Å². The molecule has 45 heavy (non-hydrogen) atoms. The zero-order chi connectivity index (χ0) is 31.6. The Bertz CT molecular complexity index is 1810. The second-order valence-electron chi connectivity index (χ2n) is 10.1. The van der Waals surface area contributed by atoms with Gasteiger partial charge in [-0.2, -0.15) is 10.2 Å². The minimum atomic E-state index is -1.01. The molecule has 3 N–H and O–H groups in total. The lowest BCUT2D eigenvalue weighted by Crippen LogP contribution is -2.33. The van der Waals surface area contributed by atoms with Gasteiger partial charge in [0.05, 0.1) is 29.8 Å². The number of para-hydroxylation sites is 2. The first-order chi connectivity index (χ1) is 21.9. The highest BCUT2D eigenvalue weighted by atomic mass is 16.5. The fourth-order valence-corrected chi connectivity index (χ4v) is 4.36. The van der Waals surface area contributed by atoms with E-state index in [4.69, 9.17) is 9.84 Å². The van der Waals surface area contributed by atoms with Crippen molar-refractivity contribution in [2.75, 3.05) is 17.2 Å². The van der Waals surface area contributed by atoms with Crippen molar-refractivity contribution in [1.29, 1.82) is 0 Å². The molecule has 226 valence electrons. The monoisotopic (exact) mass is 600 g/mol. The zero-order valence-electron chi connectivity index (χ0n) is 24.9. The van der Waals surface area contributed by atoms with E-state index >= 15 is 0 Å². The number of aryl methyl sites for hydroxylation is 1. The molecule has 10 nitrogen and oxygen atoms in total. The molecular formula is C35H32N6O4. The van der Waals surface area contributed by atoms with Crippen molar-refractivity contribution >= 4 is 35.3 Å². The Labute approximate surface area is 260 Å². The molecule has 4 aromatic carbocycles. The van der Waals surface area contributed by atoms with Crippen LogP contribution in [0.5, 0.6) is 5.75 Å². The maximum Gasteiger partial charge on any atom is 0.329 e. The lowest BCUT2D eigenvalue weighted by Gasteiger charge is -2.11. The Balaban J connectivity index is 1.29. The first kappa shape index (κ1) is 30.4. The van der Waals surface area contributed by atoms with Crippen LogP contribution in [0.15, 0.2) is 114 Å². The van der Waals surface area contributed by atoms with Gasteiger partial charge in [-0.1, -0.05) is 55.0 Å². The highest BCUT2D eigenvalue weighted by Crippen LogP contribution is 2.25. The number of hydrogen-bond acceptors (Lipinski definition) is 6. The lowest BCUT2D eigenvalue weighted by molar-refractivity contribution is -0.136. The number of carbonyl (C=O) groups is 3. The van der Waals surface area contributed by atoms with Gasteiger partial charge in [0.2, 0.25) is 0 Å². The predicted molar refractivity (Wildman–Crippen MR) is 175 cm³/mol. The molecule has 0 spiro atoms. The Morgan fingerprint density at radius 3 is 2.29 bits per heavy atom. The summed E-state index contributed by atoms with van der Waals surface area (Å²) in [7, 11) is 0. The van der Waals surface area contributed by atoms with E-state index in [1.165, 1.54) is 6.21 Å². The molecule has 5 rings (SSSR count). The summed E-state index contributed by atoms with van der Waals surface area (Å²) in [6, 6.07) is 30.9. The Morgan fingerprint density at radius 1 is 0.844 bits per heavy atom. The summed E-state index contributed by atoms with van der Waals surface area (Å²) in [5.74, 6) is -1.66. The van der Waals surface area contributed by atoms with Crippen molar-refractivity contribution < 1.29 is 19.1 Å². The van der Waals surface area contributed by atoms with Gasteiger partial charge < -0.3 is 15.4 Å². The van der Waals surface area contributed by atoms with Crippen LogP contribution >= 0.6 is 0 Å². The summed E-state index contributed by atoms with van der Waals surface area (Å²) in [5.41, 5.74) is 7.21. The smallest absolute Gasteiger partial charge is 0.329 e. The first-order valence-electron chi connectivity index (χ1n) is 14.4. The van der Waals surface area contributed by atoms with Crippen molar-refractivity contribution in [3.05, 3.63) is 126 Å². The van der Waals surface area contributed by atoms with Crippen molar-refractivity contribution in [3.8, 4) is 22.7 Å². The van der Waals surface area contributed by atoms with Crippen LogP contribution in [0.3, 0.4) is 0 Å². The van der Waals surface area contributed by atoms with Gasteiger partial charge in [-0.05, 0) is 74.0 Å². The molecule has 0 unspecified atom stereocenters. The topological polar surface area (TPSA) is 127 Å². The maximum atomic E-state index is 12.9. The minimum Gasteiger partial charge on any atom is -0.494 e. The van der Waals surface area contributed by atoms with Crippen molar-refractivity contribution in [2.24, 2.45) is 5.10 Å². The number of aromatic nitrogens is 2. The van der Waals surface area contributed by atoms with Gasteiger partial charge in [-0.15, -0.1) is 0 Å². The molecule has 0 bridgehead atoms. The van der Waals surface area contributed by atoms with Crippen LogP contribution in [-0.4, -0.2) is 40.3 Å². The summed E-state index contributed by atoms with van der Waals surface area (Å²) in [5, 5.41) is 14.1. The van der Waals surface area contributed by atoms with E-state index in [0.29, 0.717) is 23.6 Å². The number of benzene rings is 4. The van der Waals surface area contributed by atoms with Crippen LogP contribution in [0.4, 0.5) is 11.4 Å². The van der Waals surface area contributed by atoms with E-state index in [1.807, 2.05) is 80.6 Å². The van der Waals surface area contributed by atoms with E-state index in [0.717, 1.165) is 29.0 Å². The molecule has 1 aromatic heterocycles. The Morgan fingerprint density at radius 2 is 1.56 bits per heavy atom. The van der Waals surface area contributed by atoms with Gasteiger partial charge in [0.15, 0.2) is 0 Å². The molecule has 10 heteroatoms. The third-order valence-corrected chi connectivity index (χ3v) is 6.67. The molecule has 3 amide bonds. The first-order valence-corrected chi connectivity index (χ1v) is 14.4. The van der Waals surface area contributed by atoms with Gasteiger partial charge in [-0.25, -0.2) is 10.1 Å². The number of hydrazone groups is 1. The number of ether oxygens (including phenoxy) is 1. The minimum absolute atomic E-state index is 0.184. The number of carbonyl (C=O) groups excluding carboxylic acids is 3. The molecule has 0 fully saturated rings. The van der Waals surface area contributed by atoms with Crippen LogP contribution in [0, 0.1) is 6.92 Å². The van der Waals surface area contributed by atoms with Crippen LogP contribution in [0.25, 0.3) is 16.9 Å². The van der Waals surface area contributed by atoms with Crippen LogP contribution in [0.1, 0.15) is 34.8 Å². The van der Waals surface area contributed by atoms with E-state index in [-0.39, 0.29) is 11.3 Å². The Kier molecular flexibility index (Phi) is 9.76. The number of amides is 3. The van der Waals surface area contributed by atoms with Crippen molar-refractivity contribution in [3.63, 3.8) is 0 Å². The van der Waals surface area contributed by atoms with E-state index in [9.17, 15) is 14.4 Å². The van der Waals surface area contributed by atoms with Gasteiger partial charge in [0.1, 0.15) is 11.4 Å². The molecule has 5 aromatic rings.